The van der Waals surface area contributed by atoms with E-state index in [4.69, 9.17) is 23.7 Å². The van der Waals surface area contributed by atoms with E-state index >= 15 is 36.3 Å². The average molecular weight is 1410 g/mol. The SMILES string of the molecule is C=CC(C)(C)OC(=O)c1cc(F)c(F)c(OC(=O)Nc2cccc(-n3c(=O)n(-c4cccc(NC(=O)Oc5ccc(C(=O)OC(C(F)(F)F)C(F)(F)S(=O)(=O)[O-])cc5F)c4C)c(=O)n(-c4cccc(NC(=O)Oc5c(F)c(F)cc(C(=O)OC(C)(C)C=C)c5F)c4C)c3=O)c2C)c1F. The molecule has 0 aliphatic carbocycles. The highest BCUT2D eigenvalue weighted by molar-refractivity contribution is 7.86. The first kappa shape index (κ1) is 73.9. The van der Waals surface area contributed by atoms with E-state index < -0.39 is 201 Å². The Bertz CT molecular complexity index is 4640. The lowest BCUT2D eigenvalue weighted by atomic mass is 10.1. The van der Waals surface area contributed by atoms with Crippen LogP contribution >= 0.6 is 0 Å². The van der Waals surface area contributed by atoms with Crippen molar-refractivity contribution in [1.29, 1.82) is 0 Å². The molecule has 37 heteroatoms. The van der Waals surface area contributed by atoms with Crippen molar-refractivity contribution in [2.24, 2.45) is 0 Å². The molecule has 0 aliphatic heterocycles. The summed E-state index contributed by atoms with van der Waals surface area (Å²) in [5, 5.41) is -0.0170. The quantitative estimate of drug-likeness (QED) is 0.0169. The number of anilines is 3. The van der Waals surface area contributed by atoms with Gasteiger partial charge < -0.3 is 33.0 Å². The summed E-state index contributed by atoms with van der Waals surface area (Å²) in [6, 6.07) is 10.4. The fourth-order valence-electron chi connectivity index (χ4n) is 8.51. The Labute approximate surface area is 541 Å². The summed E-state index contributed by atoms with van der Waals surface area (Å²) in [4.78, 5) is 124. The minimum absolute atomic E-state index is 0.0189. The van der Waals surface area contributed by atoms with Crippen molar-refractivity contribution in [2.45, 2.75) is 77.2 Å². The van der Waals surface area contributed by atoms with Gasteiger partial charge in [-0.25, -0.2) is 87.2 Å². The van der Waals surface area contributed by atoms with Crippen molar-refractivity contribution >= 4 is 63.4 Å². The molecule has 1 aromatic heterocycles. The van der Waals surface area contributed by atoms with Crippen molar-refractivity contribution in [3.63, 3.8) is 0 Å². The van der Waals surface area contributed by atoms with Gasteiger partial charge in [0.05, 0.1) is 22.6 Å². The van der Waals surface area contributed by atoms with Gasteiger partial charge in [-0.2, -0.15) is 30.7 Å². The summed E-state index contributed by atoms with van der Waals surface area (Å²) in [6.07, 6.45) is -14.3. The summed E-state index contributed by atoms with van der Waals surface area (Å²) in [5.74, 6) is -23.9. The molecule has 1 atom stereocenters. The van der Waals surface area contributed by atoms with Crippen LogP contribution in [0.3, 0.4) is 0 Å². The number of amides is 3. The number of hydrogen-bond donors (Lipinski definition) is 3. The van der Waals surface area contributed by atoms with Crippen LogP contribution in [-0.2, 0) is 24.3 Å². The number of esters is 3. The molecule has 6 aromatic carbocycles. The zero-order valence-electron chi connectivity index (χ0n) is 50.9. The zero-order chi connectivity index (χ0) is 73.4. The molecule has 3 N–H and O–H groups in total. The molecule has 0 fully saturated rings. The Morgan fingerprint density at radius 2 is 0.857 bits per heavy atom. The van der Waals surface area contributed by atoms with E-state index in [1.54, 1.807) is 0 Å². The van der Waals surface area contributed by atoms with Gasteiger partial charge in [0.2, 0.25) is 23.1 Å². The van der Waals surface area contributed by atoms with E-state index in [2.05, 4.69) is 33.8 Å². The maximum absolute atomic E-state index is 15.7. The van der Waals surface area contributed by atoms with Crippen LogP contribution in [0, 0.1) is 61.5 Å². The molecule has 0 bridgehead atoms. The second-order valence-electron chi connectivity index (χ2n) is 21.4. The van der Waals surface area contributed by atoms with Gasteiger partial charge in [-0.05, 0) is 144 Å². The molecule has 7 aromatic rings. The molecule has 1 unspecified atom stereocenters. The fourth-order valence-corrected chi connectivity index (χ4v) is 8.95. The van der Waals surface area contributed by atoms with Gasteiger partial charge >= 0.3 is 64.7 Å². The number of rotatable bonds is 19. The van der Waals surface area contributed by atoms with E-state index in [9.17, 15) is 72.5 Å². The molecule has 0 radical (unpaired) electrons. The molecule has 0 saturated heterocycles. The van der Waals surface area contributed by atoms with E-state index in [0.717, 1.165) is 87.5 Å². The molecular formula is C61H45F12N6O18S-. The lowest BCUT2D eigenvalue weighted by molar-refractivity contribution is -0.248. The number of hydrogen-bond acceptors (Lipinski definition) is 18. The number of nitrogens with one attached hydrogen (secondary N) is 3. The Balaban J connectivity index is 1.31. The summed E-state index contributed by atoms with van der Waals surface area (Å²) in [5.41, 5.74) is -15.7. The Morgan fingerprint density at radius 1 is 0.510 bits per heavy atom. The Morgan fingerprint density at radius 3 is 1.17 bits per heavy atom. The van der Waals surface area contributed by atoms with E-state index in [0.29, 0.717) is 12.1 Å². The van der Waals surface area contributed by atoms with E-state index in [1.165, 1.54) is 27.7 Å². The summed E-state index contributed by atoms with van der Waals surface area (Å²) >= 11 is 0. The van der Waals surface area contributed by atoms with Crippen molar-refractivity contribution in [1.82, 2.24) is 13.7 Å². The summed E-state index contributed by atoms with van der Waals surface area (Å²) in [6.45, 7) is 15.4. The number of carbonyl (C=O) groups is 6. The molecule has 1 heterocycles. The molecule has 7 rings (SSSR count). The molecule has 98 heavy (non-hydrogen) atoms. The van der Waals surface area contributed by atoms with Gasteiger partial charge in [0.1, 0.15) is 22.3 Å². The van der Waals surface area contributed by atoms with Crippen LogP contribution in [0.5, 0.6) is 17.2 Å². The predicted octanol–water partition coefficient (Wildman–Crippen LogP) is 11.3. The minimum Gasteiger partial charge on any atom is -0.743 e. The third-order valence-electron chi connectivity index (χ3n) is 13.8. The number of alkyl halides is 5. The predicted molar refractivity (Wildman–Crippen MR) is 315 cm³/mol. The third kappa shape index (κ3) is 15.3. The number of carbonyl (C=O) groups excluding carboxylic acids is 6. The highest BCUT2D eigenvalue weighted by atomic mass is 32.2. The van der Waals surface area contributed by atoms with E-state index in [-0.39, 0.29) is 48.6 Å². The van der Waals surface area contributed by atoms with Crippen LogP contribution in [0.15, 0.2) is 125 Å². The van der Waals surface area contributed by atoms with Crippen LogP contribution < -0.4 is 47.2 Å². The number of ether oxygens (including phenoxy) is 6. The first-order valence-corrected chi connectivity index (χ1v) is 28.6. The van der Waals surface area contributed by atoms with Crippen LogP contribution in [0.4, 0.5) is 84.1 Å². The average Bonchev–Trinajstić information content (AvgIpc) is 0.736. The first-order chi connectivity index (χ1) is 45.4. The first-order valence-electron chi connectivity index (χ1n) is 27.1. The topological polar surface area (TPSA) is 317 Å². The fraction of sp³-hybridized carbons (Fsp3) is 0.197. The zero-order valence-corrected chi connectivity index (χ0v) is 51.7. The van der Waals surface area contributed by atoms with Gasteiger partial charge in [0.25, 0.3) is 6.10 Å². The van der Waals surface area contributed by atoms with Crippen LogP contribution in [0.25, 0.3) is 17.1 Å². The second kappa shape index (κ2) is 27.7. The highest BCUT2D eigenvalue weighted by Crippen LogP contribution is 2.39. The molecular weight excluding hydrogens is 1360 g/mol. The lowest BCUT2D eigenvalue weighted by Gasteiger charge is -2.29. The van der Waals surface area contributed by atoms with Gasteiger partial charge in [0, 0.05) is 17.1 Å². The molecule has 3 amide bonds. The number of aromatic nitrogens is 3. The molecule has 0 spiro atoms. The number of nitrogens with zero attached hydrogens (tertiary/aromatic N) is 3. The largest absolute Gasteiger partial charge is 0.743 e. The van der Waals surface area contributed by atoms with Crippen molar-refractivity contribution < 1.29 is 123 Å². The standard InChI is InChI=1S/C61H46F12N6O18S/c1-10-58(6,7)96-49(81)30-24-33(63)44(67)46(42(30)65)93-53(84)75-36-16-13-19-39(27(36)4)78-55(86)77(38-18-12-15-35(26(38)3)74-52(83)92-41-22-21-29(23-32(41)62)48(80)95-51(60(69,70)71)61(72,73)98(89,90)91)56(87)79(57(78)88)40-20-14-17-37(28(40)5)76-54(85)94-47-43(66)31(25-34(64)45(47)68)50(82)97-59(8,9)11-2/h10-25,51H,1-2H2,3-9H3,(H,74,83)(H,75,84)(H,76,85)(H,89,90,91)/p-1. The monoisotopic (exact) mass is 1410 g/mol. The smallest absolute Gasteiger partial charge is 0.432 e. The van der Waals surface area contributed by atoms with Crippen molar-refractivity contribution in [3.05, 3.63) is 216 Å². The summed E-state index contributed by atoms with van der Waals surface area (Å²) in [7, 11) is -7.13. The third-order valence-corrected chi connectivity index (χ3v) is 14.7. The molecule has 24 nitrogen and oxygen atoms in total. The van der Waals surface area contributed by atoms with Crippen molar-refractivity contribution in [3.8, 4) is 34.3 Å². The normalized spacial score (nSPS) is 12.2. The molecule has 0 aliphatic rings. The molecule has 0 saturated carbocycles. The van der Waals surface area contributed by atoms with Gasteiger partial charge in [-0.15, -0.1) is 0 Å². The number of halogens is 12. The van der Waals surface area contributed by atoms with Crippen LogP contribution in [-0.4, -0.2) is 91.6 Å². The minimum atomic E-state index is -7.13. The van der Waals surface area contributed by atoms with Crippen LogP contribution in [0.2, 0.25) is 0 Å². The Kier molecular flexibility index (Phi) is 20.9. The van der Waals surface area contributed by atoms with Crippen LogP contribution in [0.1, 0.15) is 75.5 Å². The lowest BCUT2D eigenvalue weighted by Crippen LogP contribution is -2.53. The van der Waals surface area contributed by atoms with E-state index in [1.807, 2.05) is 0 Å². The number of benzene rings is 6. The maximum atomic E-state index is 15.7. The highest BCUT2D eigenvalue weighted by Gasteiger charge is 2.63. The van der Waals surface area contributed by atoms with Gasteiger partial charge in [0.15, 0.2) is 45.0 Å². The van der Waals surface area contributed by atoms with Gasteiger partial charge in [-0.3, -0.25) is 16.0 Å². The van der Waals surface area contributed by atoms with Gasteiger partial charge in [-0.1, -0.05) is 31.4 Å². The second-order valence-corrected chi connectivity index (χ2v) is 22.8. The maximum Gasteiger partial charge on any atom is 0.432 e. The Hall–Kier alpha value is -11.5. The molecule has 518 valence electrons. The van der Waals surface area contributed by atoms with Crippen molar-refractivity contribution in [2.75, 3.05) is 16.0 Å². The summed E-state index contributed by atoms with van der Waals surface area (Å²) < 4.78 is 237.